The molecule has 0 saturated heterocycles. The van der Waals surface area contributed by atoms with Crippen molar-refractivity contribution in [1.82, 2.24) is 0 Å². The summed E-state index contributed by atoms with van der Waals surface area (Å²) in [6, 6.07) is 5.59. The molecule has 6 nitrogen and oxygen atoms in total. The fourth-order valence-electron chi connectivity index (χ4n) is 1.05. The molecule has 14 heavy (non-hydrogen) atoms. The standard InChI is InChI=1S/C7H8N2O4S/c8-14(12,13)7-4-2-1-3-6(7)5-9(10)11/h1-4H,5H2,(H2,8,12,13). The molecule has 0 heterocycles. The summed E-state index contributed by atoms with van der Waals surface area (Å²) in [5.41, 5.74) is 0.0972. The molecule has 2 N–H and O–H groups in total. The third-order valence-corrected chi connectivity index (χ3v) is 2.59. The van der Waals surface area contributed by atoms with Gasteiger partial charge in [0, 0.05) is 10.5 Å². The second kappa shape index (κ2) is 3.72. The minimum atomic E-state index is -3.88. The van der Waals surface area contributed by atoms with Crippen molar-refractivity contribution in [3.63, 3.8) is 0 Å². The monoisotopic (exact) mass is 216 g/mol. The zero-order valence-corrected chi connectivity index (χ0v) is 7.90. The molecule has 0 aromatic heterocycles. The SMILES string of the molecule is NS(=O)(=O)c1ccccc1C[N+](=O)[O-]. The number of hydrogen-bond acceptors (Lipinski definition) is 4. The normalized spacial score (nSPS) is 11.2. The number of rotatable bonds is 3. The van der Waals surface area contributed by atoms with Crippen molar-refractivity contribution < 1.29 is 13.3 Å². The van der Waals surface area contributed by atoms with E-state index in [2.05, 4.69) is 0 Å². The molecule has 0 aliphatic heterocycles. The molecule has 0 bridgehead atoms. The van der Waals surface area contributed by atoms with Crippen LogP contribution in [0.15, 0.2) is 29.2 Å². The minimum absolute atomic E-state index is 0.0972. The van der Waals surface area contributed by atoms with E-state index in [1.165, 1.54) is 24.3 Å². The van der Waals surface area contributed by atoms with Crippen LogP contribution in [0.3, 0.4) is 0 Å². The number of hydrogen-bond donors (Lipinski definition) is 1. The Bertz CT molecular complexity index is 455. The van der Waals surface area contributed by atoms with Gasteiger partial charge < -0.3 is 0 Å². The summed E-state index contributed by atoms with van der Waals surface area (Å²) in [6.45, 7) is -0.549. The van der Waals surface area contributed by atoms with Crippen LogP contribution >= 0.6 is 0 Å². The second-order valence-electron chi connectivity index (χ2n) is 2.64. The van der Waals surface area contributed by atoms with Gasteiger partial charge >= 0.3 is 0 Å². The number of nitrogens with zero attached hydrogens (tertiary/aromatic N) is 1. The summed E-state index contributed by atoms with van der Waals surface area (Å²) >= 11 is 0. The summed E-state index contributed by atoms with van der Waals surface area (Å²) in [4.78, 5) is 9.41. The quantitative estimate of drug-likeness (QED) is 0.572. The molecule has 0 atom stereocenters. The van der Waals surface area contributed by atoms with Crippen LogP contribution in [0.25, 0.3) is 0 Å². The van der Waals surface area contributed by atoms with Crippen molar-refractivity contribution in [1.29, 1.82) is 0 Å². The van der Waals surface area contributed by atoms with Gasteiger partial charge in [-0.3, -0.25) is 10.1 Å². The van der Waals surface area contributed by atoms with Crippen LogP contribution in [0.2, 0.25) is 0 Å². The van der Waals surface area contributed by atoms with Crippen LogP contribution in [-0.2, 0) is 16.6 Å². The highest BCUT2D eigenvalue weighted by Crippen LogP contribution is 2.13. The Morgan fingerprint density at radius 2 is 1.93 bits per heavy atom. The van der Waals surface area contributed by atoms with E-state index in [4.69, 9.17) is 5.14 Å². The first-order valence-corrected chi connectivity index (χ1v) is 5.18. The predicted octanol–water partition coefficient (Wildman–Crippen LogP) is 0.111. The molecule has 1 rings (SSSR count). The molecular formula is C7H8N2O4S. The third kappa shape index (κ3) is 2.51. The van der Waals surface area contributed by atoms with Crippen molar-refractivity contribution in [3.8, 4) is 0 Å². The fourth-order valence-corrected chi connectivity index (χ4v) is 1.82. The van der Waals surface area contributed by atoms with E-state index < -0.39 is 21.5 Å². The van der Waals surface area contributed by atoms with Crippen LogP contribution in [0.4, 0.5) is 0 Å². The van der Waals surface area contributed by atoms with Gasteiger partial charge in [0.1, 0.15) is 0 Å². The maximum atomic E-state index is 11.0. The van der Waals surface area contributed by atoms with Gasteiger partial charge in [0.05, 0.1) is 4.90 Å². The smallest absolute Gasteiger partial charge is 0.238 e. The molecule has 0 spiro atoms. The fraction of sp³-hybridized carbons (Fsp3) is 0.143. The summed E-state index contributed by atoms with van der Waals surface area (Å²) < 4.78 is 22.0. The molecule has 0 unspecified atom stereocenters. The lowest BCUT2D eigenvalue weighted by molar-refractivity contribution is -0.497. The molecule has 0 saturated carbocycles. The van der Waals surface area contributed by atoms with E-state index in [1.807, 2.05) is 0 Å². The van der Waals surface area contributed by atoms with Crippen LogP contribution in [0, 0.1) is 10.1 Å². The zero-order valence-electron chi connectivity index (χ0n) is 7.08. The Morgan fingerprint density at radius 3 is 2.43 bits per heavy atom. The number of nitrogens with two attached hydrogens (primary N) is 1. The van der Waals surface area contributed by atoms with E-state index in [1.54, 1.807) is 0 Å². The number of nitro groups is 1. The molecule has 0 aliphatic carbocycles. The van der Waals surface area contributed by atoms with Gasteiger partial charge in [0.15, 0.2) is 0 Å². The van der Waals surface area contributed by atoms with E-state index in [9.17, 15) is 18.5 Å². The molecule has 76 valence electrons. The Balaban J connectivity index is 3.23. The lowest BCUT2D eigenvalue weighted by Gasteiger charge is -2.02. The van der Waals surface area contributed by atoms with Crippen molar-refractivity contribution in [3.05, 3.63) is 39.9 Å². The van der Waals surface area contributed by atoms with Gasteiger partial charge in [0.2, 0.25) is 16.6 Å². The topological polar surface area (TPSA) is 103 Å². The first-order valence-electron chi connectivity index (χ1n) is 3.64. The van der Waals surface area contributed by atoms with Crippen LogP contribution in [0.5, 0.6) is 0 Å². The minimum Gasteiger partial charge on any atom is -0.264 e. The Labute approximate surface area is 80.5 Å². The summed E-state index contributed by atoms with van der Waals surface area (Å²) in [7, 11) is -3.88. The molecule has 7 heteroatoms. The van der Waals surface area contributed by atoms with E-state index in [-0.39, 0.29) is 10.5 Å². The van der Waals surface area contributed by atoms with Crippen LogP contribution in [0.1, 0.15) is 5.56 Å². The maximum Gasteiger partial charge on any atom is 0.238 e. The van der Waals surface area contributed by atoms with E-state index in [0.717, 1.165) is 0 Å². The summed E-state index contributed by atoms with van der Waals surface area (Å²) in [5.74, 6) is 0. The predicted molar refractivity (Wildman–Crippen MR) is 48.5 cm³/mol. The highest BCUT2D eigenvalue weighted by atomic mass is 32.2. The van der Waals surface area contributed by atoms with Gasteiger partial charge in [0.25, 0.3) is 0 Å². The summed E-state index contributed by atoms with van der Waals surface area (Å²) in [6.07, 6.45) is 0. The maximum absolute atomic E-state index is 11.0. The van der Waals surface area contributed by atoms with Gasteiger partial charge in [-0.15, -0.1) is 0 Å². The van der Waals surface area contributed by atoms with Crippen molar-refractivity contribution in [2.24, 2.45) is 5.14 Å². The van der Waals surface area contributed by atoms with Crippen molar-refractivity contribution in [2.45, 2.75) is 11.4 Å². The second-order valence-corrected chi connectivity index (χ2v) is 4.17. The lowest BCUT2D eigenvalue weighted by Crippen LogP contribution is -2.15. The van der Waals surface area contributed by atoms with E-state index in [0.29, 0.717) is 0 Å². The number of primary sulfonamides is 1. The first kappa shape index (κ1) is 10.6. The summed E-state index contributed by atoms with van der Waals surface area (Å²) in [5, 5.41) is 15.1. The van der Waals surface area contributed by atoms with Crippen LogP contribution < -0.4 is 5.14 Å². The lowest BCUT2D eigenvalue weighted by atomic mass is 10.2. The van der Waals surface area contributed by atoms with Gasteiger partial charge in [-0.25, -0.2) is 13.6 Å². The van der Waals surface area contributed by atoms with Crippen LogP contribution in [-0.4, -0.2) is 13.3 Å². The molecule has 0 aliphatic rings. The molecule has 1 aromatic carbocycles. The van der Waals surface area contributed by atoms with Crippen molar-refractivity contribution >= 4 is 10.0 Å². The highest BCUT2D eigenvalue weighted by Gasteiger charge is 2.15. The van der Waals surface area contributed by atoms with Gasteiger partial charge in [-0.05, 0) is 6.07 Å². The Kier molecular flexibility index (Phi) is 2.82. The van der Waals surface area contributed by atoms with Crippen molar-refractivity contribution in [2.75, 3.05) is 0 Å². The molecule has 0 fully saturated rings. The molecular weight excluding hydrogens is 208 g/mol. The Morgan fingerprint density at radius 1 is 1.36 bits per heavy atom. The number of sulfonamides is 1. The Hall–Kier alpha value is -1.47. The largest absolute Gasteiger partial charge is 0.264 e. The molecule has 0 amide bonds. The van der Waals surface area contributed by atoms with Gasteiger partial charge in [-0.1, -0.05) is 18.2 Å². The number of benzene rings is 1. The molecule has 0 radical (unpaired) electrons. The average Bonchev–Trinajstić information content (AvgIpc) is 2.01. The third-order valence-electron chi connectivity index (χ3n) is 1.58. The molecule has 1 aromatic rings. The zero-order chi connectivity index (χ0) is 10.8. The van der Waals surface area contributed by atoms with E-state index >= 15 is 0 Å². The van der Waals surface area contributed by atoms with Gasteiger partial charge in [-0.2, -0.15) is 0 Å². The first-order chi connectivity index (χ1) is 6.41. The average molecular weight is 216 g/mol. The highest BCUT2D eigenvalue weighted by molar-refractivity contribution is 7.89.